The fourth-order valence-corrected chi connectivity index (χ4v) is 2.51. The highest BCUT2D eigenvalue weighted by atomic mass is 32.2. The molecule has 0 aliphatic rings. The van der Waals surface area contributed by atoms with E-state index in [0.29, 0.717) is 12.1 Å². The molecule has 0 saturated carbocycles. The van der Waals surface area contributed by atoms with Gasteiger partial charge < -0.3 is 4.18 Å². The summed E-state index contributed by atoms with van der Waals surface area (Å²) in [6.07, 6.45) is 0. The molecule has 2 aromatic rings. The van der Waals surface area contributed by atoms with E-state index < -0.39 is 31.4 Å². The average molecular weight is 311 g/mol. The third-order valence-corrected chi connectivity index (χ3v) is 3.87. The molecule has 0 atom stereocenters. The molecule has 21 heavy (non-hydrogen) atoms. The van der Waals surface area contributed by atoms with Crippen molar-refractivity contribution in [2.45, 2.75) is 11.8 Å². The molecule has 8 heteroatoms. The van der Waals surface area contributed by atoms with Crippen LogP contribution >= 0.6 is 0 Å². The van der Waals surface area contributed by atoms with Gasteiger partial charge in [-0.3, -0.25) is 10.1 Å². The van der Waals surface area contributed by atoms with Crippen molar-refractivity contribution in [1.29, 1.82) is 0 Å². The van der Waals surface area contributed by atoms with Crippen LogP contribution < -0.4 is 4.18 Å². The van der Waals surface area contributed by atoms with Crippen molar-refractivity contribution >= 4 is 15.8 Å². The van der Waals surface area contributed by atoms with Gasteiger partial charge in [-0.25, -0.2) is 0 Å². The monoisotopic (exact) mass is 311 g/mol. The number of hydrogen-bond acceptors (Lipinski definition) is 5. The molecule has 0 heterocycles. The zero-order valence-electron chi connectivity index (χ0n) is 10.8. The van der Waals surface area contributed by atoms with Crippen molar-refractivity contribution in [1.82, 2.24) is 0 Å². The van der Waals surface area contributed by atoms with Crippen molar-refractivity contribution in [3.8, 4) is 5.75 Å². The lowest BCUT2D eigenvalue weighted by Gasteiger charge is -2.07. The maximum absolute atomic E-state index is 13.2. The number of hydrogen-bond donors (Lipinski definition) is 0. The van der Waals surface area contributed by atoms with Gasteiger partial charge in [-0.1, -0.05) is 17.7 Å². The predicted octanol–water partition coefficient (Wildman–Crippen LogP) is 2.81. The standard InChI is InChI=1S/C13H10FNO5S/c1-9-2-4-10(5-3-9)20-21(18,19)11-6-7-12(14)13(8-11)15(16)17/h2-8H,1H3. The number of nitrogens with zero attached hydrogens (tertiary/aromatic N) is 1. The van der Waals surface area contributed by atoms with Crippen LogP contribution in [-0.4, -0.2) is 13.3 Å². The number of nitro benzene ring substituents is 1. The molecule has 0 fully saturated rings. The molecule has 0 saturated heterocycles. The van der Waals surface area contributed by atoms with Crippen LogP contribution in [0.1, 0.15) is 5.56 Å². The second kappa shape index (κ2) is 5.49. The van der Waals surface area contributed by atoms with E-state index in [1.165, 1.54) is 12.1 Å². The van der Waals surface area contributed by atoms with E-state index in [-0.39, 0.29) is 5.75 Å². The molecule has 6 nitrogen and oxygen atoms in total. The van der Waals surface area contributed by atoms with Crippen LogP contribution in [-0.2, 0) is 10.1 Å². The first-order valence-corrected chi connectivity index (χ1v) is 7.15. The Hall–Kier alpha value is -2.48. The van der Waals surface area contributed by atoms with Crippen LogP contribution in [0.15, 0.2) is 47.4 Å². The number of rotatable bonds is 4. The van der Waals surface area contributed by atoms with Gasteiger partial charge in [0, 0.05) is 6.07 Å². The Morgan fingerprint density at radius 3 is 2.33 bits per heavy atom. The van der Waals surface area contributed by atoms with Gasteiger partial charge >= 0.3 is 15.8 Å². The van der Waals surface area contributed by atoms with E-state index in [4.69, 9.17) is 4.18 Å². The van der Waals surface area contributed by atoms with Gasteiger partial charge in [-0.2, -0.15) is 12.8 Å². The lowest BCUT2D eigenvalue weighted by Crippen LogP contribution is -2.10. The van der Waals surface area contributed by atoms with Gasteiger partial charge in [-0.15, -0.1) is 0 Å². The molecular weight excluding hydrogens is 301 g/mol. The summed E-state index contributed by atoms with van der Waals surface area (Å²) in [6, 6.07) is 8.44. The van der Waals surface area contributed by atoms with E-state index in [0.717, 1.165) is 11.6 Å². The van der Waals surface area contributed by atoms with Crippen molar-refractivity contribution in [2.24, 2.45) is 0 Å². The highest BCUT2D eigenvalue weighted by Crippen LogP contribution is 2.24. The van der Waals surface area contributed by atoms with Crippen LogP contribution in [0.4, 0.5) is 10.1 Å². The number of benzene rings is 2. The minimum absolute atomic E-state index is 0.0626. The van der Waals surface area contributed by atoms with Crippen molar-refractivity contribution in [2.75, 3.05) is 0 Å². The van der Waals surface area contributed by atoms with Gasteiger partial charge in [0.1, 0.15) is 10.6 Å². The largest absolute Gasteiger partial charge is 0.379 e. The Balaban J connectivity index is 2.38. The molecule has 0 radical (unpaired) electrons. The normalized spacial score (nSPS) is 11.1. The third-order valence-electron chi connectivity index (χ3n) is 2.63. The molecule has 2 aromatic carbocycles. The zero-order valence-corrected chi connectivity index (χ0v) is 11.6. The molecule has 0 N–H and O–H groups in total. The van der Waals surface area contributed by atoms with Crippen molar-refractivity contribution in [3.05, 3.63) is 64.0 Å². The van der Waals surface area contributed by atoms with E-state index in [1.54, 1.807) is 12.1 Å². The minimum atomic E-state index is -4.27. The van der Waals surface area contributed by atoms with E-state index in [2.05, 4.69) is 0 Å². The molecule has 0 bridgehead atoms. The molecule has 0 amide bonds. The Morgan fingerprint density at radius 2 is 1.76 bits per heavy atom. The summed E-state index contributed by atoms with van der Waals surface area (Å²) in [5.74, 6) is -1.05. The fourth-order valence-electron chi connectivity index (χ4n) is 1.56. The Kier molecular flexibility index (Phi) is 3.90. The van der Waals surface area contributed by atoms with Crippen LogP contribution in [0.5, 0.6) is 5.75 Å². The molecular formula is C13H10FNO5S. The zero-order chi connectivity index (χ0) is 15.6. The fraction of sp³-hybridized carbons (Fsp3) is 0.0769. The topological polar surface area (TPSA) is 86.5 Å². The van der Waals surface area contributed by atoms with E-state index in [1.807, 2.05) is 6.92 Å². The summed E-state index contributed by atoms with van der Waals surface area (Å²) in [7, 11) is -4.27. The summed E-state index contributed by atoms with van der Waals surface area (Å²) in [6.45, 7) is 1.82. The van der Waals surface area contributed by atoms with Crippen LogP contribution in [0.3, 0.4) is 0 Å². The van der Waals surface area contributed by atoms with Crippen molar-refractivity contribution < 1.29 is 21.9 Å². The average Bonchev–Trinajstić information content (AvgIpc) is 2.41. The highest BCUT2D eigenvalue weighted by Gasteiger charge is 2.23. The predicted molar refractivity (Wildman–Crippen MR) is 72.0 cm³/mol. The Labute approximate surface area is 120 Å². The molecule has 0 aromatic heterocycles. The van der Waals surface area contributed by atoms with Gasteiger partial charge in [0.25, 0.3) is 0 Å². The number of aryl methyl sites for hydroxylation is 1. The first kappa shape index (κ1) is 14.9. The summed E-state index contributed by atoms with van der Waals surface area (Å²) in [4.78, 5) is 9.14. The van der Waals surface area contributed by atoms with Gasteiger partial charge in [-0.05, 0) is 31.2 Å². The molecule has 0 aliphatic carbocycles. The van der Waals surface area contributed by atoms with Gasteiger partial charge in [0.2, 0.25) is 5.82 Å². The molecule has 110 valence electrons. The Morgan fingerprint density at radius 1 is 1.14 bits per heavy atom. The number of nitro groups is 1. The Bertz CT molecular complexity index is 787. The quantitative estimate of drug-likeness (QED) is 0.492. The van der Waals surface area contributed by atoms with Crippen molar-refractivity contribution in [3.63, 3.8) is 0 Å². The van der Waals surface area contributed by atoms with Gasteiger partial charge in [0.15, 0.2) is 0 Å². The summed E-state index contributed by atoms with van der Waals surface area (Å²) < 4.78 is 42.1. The molecule has 0 aliphatic heterocycles. The van der Waals surface area contributed by atoms with E-state index >= 15 is 0 Å². The van der Waals surface area contributed by atoms with Gasteiger partial charge in [0.05, 0.1) is 4.92 Å². The first-order chi connectivity index (χ1) is 9.79. The smallest absolute Gasteiger partial charge is 0.339 e. The lowest BCUT2D eigenvalue weighted by atomic mass is 10.2. The summed E-state index contributed by atoms with van der Waals surface area (Å²) >= 11 is 0. The SMILES string of the molecule is Cc1ccc(OS(=O)(=O)c2ccc(F)c([N+](=O)[O-])c2)cc1. The van der Waals surface area contributed by atoms with Crippen LogP contribution in [0.25, 0.3) is 0 Å². The maximum Gasteiger partial charge on any atom is 0.339 e. The van der Waals surface area contributed by atoms with Crippen LogP contribution in [0, 0.1) is 22.9 Å². The molecule has 2 rings (SSSR count). The summed E-state index contributed by atoms with van der Waals surface area (Å²) in [5.41, 5.74) is -0.0132. The second-order valence-electron chi connectivity index (χ2n) is 4.22. The first-order valence-electron chi connectivity index (χ1n) is 5.75. The molecule has 0 spiro atoms. The van der Waals surface area contributed by atoms with Crippen LogP contribution in [0.2, 0.25) is 0 Å². The number of halogens is 1. The van der Waals surface area contributed by atoms with E-state index in [9.17, 15) is 22.9 Å². The summed E-state index contributed by atoms with van der Waals surface area (Å²) in [5, 5.41) is 10.6. The maximum atomic E-state index is 13.2. The highest BCUT2D eigenvalue weighted by molar-refractivity contribution is 7.87. The minimum Gasteiger partial charge on any atom is -0.379 e. The lowest BCUT2D eigenvalue weighted by molar-refractivity contribution is -0.387. The second-order valence-corrected chi connectivity index (χ2v) is 5.77. The molecule has 0 unspecified atom stereocenters. The third kappa shape index (κ3) is 3.34.